The number of likely N-dealkylation sites (tertiary alicyclic amines) is 1. The van der Waals surface area contributed by atoms with Gasteiger partial charge in [-0.1, -0.05) is 11.6 Å². The van der Waals surface area contributed by atoms with Gasteiger partial charge in [-0.25, -0.2) is 9.97 Å². The Morgan fingerprint density at radius 3 is 2.77 bits per heavy atom. The van der Waals surface area contributed by atoms with Gasteiger partial charge < -0.3 is 14.4 Å². The Morgan fingerprint density at radius 1 is 1.27 bits per heavy atom. The molecule has 1 aromatic heterocycles. The molecule has 3 aliphatic heterocycles. The number of amides is 1. The normalized spacial score (nSPS) is 25.7. The molecule has 3 aliphatic rings. The highest BCUT2D eigenvalue weighted by Gasteiger charge is 2.56. The summed E-state index contributed by atoms with van der Waals surface area (Å²) in [7, 11) is 0. The smallest absolute Gasteiger partial charge is 0.257 e. The second-order valence-electron chi connectivity index (χ2n) is 9.51. The minimum absolute atomic E-state index is 0.00321. The molecule has 0 unspecified atom stereocenters. The standard InChI is InChI=1S/C23H26ClN3O3/c1-13-17(9-25-14(2)26-13)21(28)27-10-23(11-27)8-18-20(29-12-23)16-7-15(24)5-6-19(16)30-22(18,3)4/h5-7,9,18,20H,8,10-12H2,1-4H3/t18-,20+/m0/s1. The monoisotopic (exact) mass is 427 g/mol. The van der Waals surface area contributed by atoms with Gasteiger partial charge in [-0.3, -0.25) is 4.79 Å². The quantitative estimate of drug-likeness (QED) is 0.684. The van der Waals surface area contributed by atoms with E-state index in [1.54, 1.807) is 6.20 Å². The second kappa shape index (κ2) is 6.66. The number of halogens is 1. The molecule has 6 nitrogen and oxygen atoms in total. The van der Waals surface area contributed by atoms with E-state index in [9.17, 15) is 4.79 Å². The maximum Gasteiger partial charge on any atom is 0.257 e. The third-order valence-electron chi connectivity index (χ3n) is 6.80. The van der Waals surface area contributed by atoms with Crippen LogP contribution in [0.5, 0.6) is 5.75 Å². The molecule has 2 fully saturated rings. The van der Waals surface area contributed by atoms with Crippen LogP contribution in [0.15, 0.2) is 24.4 Å². The first kappa shape index (κ1) is 19.8. The molecule has 0 aliphatic carbocycles. The van der Waals surface area contributed by atoms with Gasteiger partial charge in [0.15, 0.2) is 0 Å². The fraction of sp³-hybridized carbons (Fsp3) is 0.522. The molecule has 0 radical (unpaired) electrons. The zero-order valence-corrected chi connectivity index (χ0v) is 18.5. The van der Waals surface area contributed by atoms with Gasteiger partial charge >= 0.3 is 0 Å². The van der Waals surface area contributed by atoms with Crippen molar-refractivity contribution >= 4 is 17.5 Å². The fourth-order valence-electron chi connectivity index (χ4n) is 5.22. The van der Waals surface area contributed by atoms with Crippen LogP contribution in [0.4, 0.5) is 0 Å². The van der Waals surface area contributed by atoms with Gasteiger partial charge in [0.25, 0.3) is 5.91 Å². The van der Waals surface area contributed by atoms with Crippen LogP contribution in [-0.4, -0.2) is 46.1 Å². The van der Waals surface area contributed by atoms with Crippen LogP contribution in [-0.2, 0) is 4.74 Å². The molecular weight excluding hydrogens is 402 g/mol. The second-order valence-corrected chi connectivity index (χ2v) is 9.94. The van der Waals surface area contributed by atoms with E-state index in [4.69, 9.17) is 21.1 Å². The van der Waals surface area contributed by atoms with Gasteiger partial charge in [0.05, 0.1) is 24.0 Å². The lowest BCUT2D eigenvalue weighted by molar-refractivity contribution is -0.191. The van der Waals surface area contributed by atoms with Gasteiger partial charge in [0.1, 0.15) is 17.2 Å². The largest absolute Gasteiger partial charge is 0.487 e. The summed E-state index contributed by atoms with van der Waals surface area (Å²) in [5, 5.41) is 0.691. The van der Waals surface area contributed by atoms with Gasteiger partial charge in [-0.2, -0.15) is 0 Å². The molecule has 0 bridgehead atoms. The molecule has 7 heteroatoms. The molecule has 1 spiro atoms. The Hall–Kier alpha value is -2.18. The van der Waals surface area contributed by atoms with E-state index in [1.807, 2.05) is 36.9 Å². The summed E-state index contributed by atoms with van der Waals surface area (Å²) >= 11 is 6.24. The predicted octanol–water partition coefficient (Wildman–Crippen LogP) is 4.14. The van der Waals surface area contributed by atoms with Crippen molar-refractivity contribution in [2.75, 3.05) is 19.7 Å². The molecule has 2 aromatic rings. The van der Waals surface area contributed by atoms with E-state index in [1.165, 1.54) is 0 Å². The third kappa shape index (κ3) is 3.08. The first-order chi connectivity index (χ1) is 14.2. The van der Waals surface area contributed by atoms with Crippen molar-refractivity contribution in [3.8, 4) is 5.75 Å². The van der Waals surface area contributed by atoms with Crippen molar-refractivity contribution in [2.45, 2.75) is 45.8 Å². The lowest BCUT2D eigenvalue weighted by atomic mass is 9.64. The van der Waals surface area contributed by atoms with Crippen molar-refractivity contribution in [1.82, 2.24) is 14.9 Å². The molecule has 2 atom stereocenters. The average molecular weight is 428 g/mol. The van der Waals surface area contributed by atoms with E-state index in [0.29, 0.717) is 36.1 Å². The number of aromatic nitrogens is 2. The maximum absolute atomic E-state index is 13.0. The number of hydrogen-bond donors (Lipinski definition) is 0. The Kier molecular flexibility index (Phi) is 4.39. The van der Waals surface area contributed by atoms with Crippen LogP contribution < -0.4 is 4.74 Å². The zero-order chi connectivity index (χ0) is 21.3. The van der Waals surface area contributed by atoms with Crippen molar-refractivity contribution in [1.29, 1.82) is 0 Å². The van der Waals surface area contributed by atoms with Crippen molar-refractivity contribution < 1.29 is 14.3 Å². The van der Waals surface area contributed by atoms with Crippen LogP contribution in [0.25, 0.3) is 0 Å². The van der Waals surface area contributed by atoms with Crippen LogP contribution in [0, 0.1) is 25.2 Å². The van der Waals surface area contributed by atoms with Crippen molar-refractivity contribution in [3.63, 3.8) is 0 Å². The lowest BCUT2D eigenvalue weighted by Gasteiger charge is -2.58. The van der Waals surface area contributed by atoms with Crippen molar-refractivity contribution in [2.24, 2.45) is 11.3 Å². The first-order valence-corrected chi connectivity index (χ1v) is 10.7. The number of rotatable bonds is 1. The lowest BCUT2D eigenvalue weighted by Crippen LogP contribution is -2.65. The van der Waals surface area contributed by atoms with E-state index >= 15 is 0 Å². The number of ether oxygens (including phenoxy) is 2. The molecular formula is C23H26ClN3O3. The molecule has 30 heavy (non-hydrogen) atoms. The summed E-state index contributed by atoms with van der Waals surface area (Å²) in [6, 6.07) is 5.74. The van der Waals surface area contributed by atoms with Crippen LogP contribution in [0.3, 0.4) is 0 Å². The Balaban J connectivity index is 1.34. The van der Waals surface area contributed by atoms with Gasteiger partial charge in [0.2, 0.25) is 0 Å². The number of carbonyl (C=O) groups is 1. The van der Waals surface area contributed by atoms with Crippen LogP contribution >= 0.6 is 11.6 Å². The molecule has 4 heterocycles. The molecule has 5 rings (SSSR count). The van der Waals surface area contributed by atoms with Gasteiger partial charge in [-0.15, -0.1) is 0 Å². The highest BCUT2D eigenvalue weighted by atomic mass is 35.5. The SMILES string of the molecule is Cc1ncc(C(=O)N2CC3(CO[C@@H]4c5cc(Cl)ccc5OC(C)(C)[C@H]4C3)C2)c(C)n1. The highest BCUT2D eigenvalue weighted by Crippen LogP contribution is 2.55. The molecule has 2 saturated heterocycles. The van der Waals surface area contributed by atoms with E-state index < -0.39 is 0 Å². The number of carbonyl (C=O) groups excluding carboxylic acids is 1. The zero-order valence-electron chi connectivity index (χ0n) is 17.7. The molecule has 0 saturated carbocycles. The van der Waals surface area contributed by atoms with Crippen molar-refractivity contribution in [3.05, 3.63) is 52.1 Å². The summed E-state index contributed by atoms with van der Waals surface area (Å²) in [6.07, 6.45) is 2.55. The van der Waals surface area contributed by atoms with E-state index in [-0.39, 0.29) is 28.9 Å². The Bertz CT molecular complexity index is 1030. The fourth-order valence-corrected chi connectivity index (χ4v) is 5.40. The predicted molar refractivity (Wildman–Crippen MR) is 113 cm³/mol. The average Bonchev–Trinajstić information content (AvgIpc) is 2.66. The topological polar surface area (TPSA) is 64.6 Å². The molecule has 0 N–H and O–H groups in total. The minimum atomic E-state index is -0.356. The van der Waals surface area contributed by atoms with Crippen LogP contribution in [0.2, 0.25) is 5.02 Å². The van der Waals surface area contributed by atoms with Crippen LogP contribution in [0.1, 0.15) is 53.8 Å². The summed E-state index contributed by atoms with van der Waals surface area (Å²) < 4.78 is 12.8. The minimum Gasteiger partial charge on any atom is -0.487 e. The number of fused-ring (bicyclic) bond motifs is 3. The van der Waals surface area contributed by atoms with Gasteiger partial charge in [0, 0.05) is 41.2 Å². The molecule has 1 amide bonds. The highest BCUT2D eigenvalue weighted by molar-refractivity contribution is 6.30. The van der Waals surface area contributed by atoms with Gasteiger partial charge in [-0.05, 0) is 52.3 Å². The number of nitrogens with zero attached hydrogens (tertiary/aromatic N) is 3. The summed E-state index contributed by atoms with van der Waals surface area (Å²) in [5.74, 6) is 1.72. The number of hydrogen-bond acceptors (Lipinski definition) is 5. The first-order valence-electron chi connectivity index (χ1n) is 10.4. The maximum atomic E-state index is 13.0. The summed E-state index contributed by atoms with van der Waals surface area (Å²) in [4.78, 5) is 23.4. The Labute approximate surface area is 181 Å². The Morgan fingerprint density at radius 2 is 2.03 bits per heavy atom. The number of benzene rings is 1. The summed E-state index contributed by atoms with van der Waals surface area (Å²) in [6.45, 7) is 9.93. The van der Waals surface area contributed by atoms with E-state index in [0.717, 1.165) is 23.4 Å². The molecule has 1 aromatic carbocycles. The summed E-state index contributed by atoms with van der Waals surface area (Å²) in [5.41, 5.74) is 1.94. The van der Waals surface area contributed by atoms with E-state index in [2.05, 4.69) is 23.8 Å². The number of aryl methyl sites for hydroxylation is 2. The molecule has 158 valence electrons. The third-order valence-corrected chi connectivity index (χ3v) is 7.04.